The van der Waals surface area contributed by atoms with Crippen LogP contribution in [-0.4, -0.2) is 21.8 Å². The average molecular weight is 302 g/mol. The third kappa shape index (κ3) is 3.95. The molecule has 1 aromatic heterocycles. The van der Waals surface area contributed by atoms with Gasteiger partial charge in [-0.05, 0) is 46.8 Å². The van der Waals surface area contributed by atoms with Crippen molar-refractivity contribution in [3.8, 4) is 0 Å². The minimum atomic E-state index is -1.19. The van der Waals surface area contributed by atoms with E-state index in [1.54, 1.807) is 40.7 Å². The summed E-state index contributed by atoms with van der Waals surface area (Å²) in [4.78, 5) is 16.5. The van der Waals surface area contributed by atoms with Gasteiger partial charge in [-0.15, -0.1) is 0 Å². The van der Waals surface area contributed by atoms with Crippen LogP contribution in [0.2, 0.25) is 0 Å². The standard InChI is InChI=1S/C17H22N2O3/c1-16(2,3)22-15(20)19-13-10-11-8-6-7-9-12(11)18-14(13)17(4,5)21/h6-10,21H,1-5H3,(H,19,20). The molecular weight excluding hydrogens is 280 g/mol. The van der Waals surface area contributed by atoms with E-state index in [-0.39, 0.29) is 0 Å². The van der Waals surface area contributed by atoms with Gasteiger partial charge < -0.3 is 9.84 Å². The predicted octanol–water partition coefficient (Wildman–Crippen LogP) is 3.81. The van der Waals surface area contributed by atoms with Crippen molar-refractivity contribution in [2.75, 3.05) is 5.32 Å². The lowest BCUT2D eigenvalue weighted by Gasteiger charge is -2.23. The normalized spacial score (nSPS) is 12.3. The summed E-state index contributed by atoms with van der Waals surface area (Å²) in [6, 6.07) is 9.33. The molecule has 5 heteroatoms. The molecule has 22 heavy (non-hydrogen) atoms. The fourth-order valence-corrected chi connectivity index (χ4v) is 2.09. The van der Waals surface area contributed by atoms with Crippen LogP contribution in [0.15, 0.2) is 30.3 Å². The Kier molecular flexibility index (Phi) is 4.11. The fraction of sp³-hybridized carbons (Fsp3) is 0.412. The smallest absolute Gasteiger partial charge is 0.412 e. The molecule has 2 rings (SSSR count). The number of rotatable bonds is 2. The average Bonchev–Trinajstić information content (AvgIpc) is 2.34. The highest BCUT2D eigenvalue weighted by molar-refractivity contribution is 5.90. The Morgan fingerprint density at radius 3 is 2.41 bits per heavy atom. The molecule has 0 aliphatic rings. The van der Waals surface area contributed by atoms with E-state index in [2.05, 4.69) is 10.3 Å². The Morgan fingerprint density at radius 2 is 1.82 bits per heavy atom. The van der Waals surface area contributed by atoms with Crippen LogP contribution in [0.1, 0.15) is 40.3 Å². The highest BCUT2D eigenvalue weighted by Gasteiger charge is 2.25. The van der Waals surface area contributed by atoms with Crippen molar-refractivity contribution in [3.63, 3.8) is 0 Å². The maximum atomic E-state index is 12.0. The summed E-state index contributed by atoms with van der Waals surface area (Å²) in [6.07, 6.45) is -0.574. The number of nitrogens with zero attached hydrogens (tertiary/aromatic N) is 1. The van der Waals surface area contributed by atoms with Crippen molar-refractivity contribution in [3.05, 3.63) is 36.0 Å². The summed E-state index contributed by atoms with van der Waals surface area (Å²) in [5, 5.41) is 13.9. The molecule has 0 saturated heterocycles. The van der Waals surface area contributed by atoms with Crippen LogP contribution in [0, 0.1) is 0 Å². The Morgan fingerprint density at radius 1 is 1.18 bits per heavy atom. The van der Waals surface area contributed by atoms with Gasteiger partial charge in [-0.3, -0.25) is 5.32 Å². The monoisotopic (exact) mass is 302 g/mol. The SMILES string of the molecule is CC(C)(C)OC(=O)Nc1cc2ccccc2nc1C(C)(C)O. The molecule has 0 radical (unpaired) electrons. The van der Waals surface area contributed by atoms with Gasteiger partial charge in [0, 0.05) is 5.39 Å². The number of pyridine rings is 1. The van der Waals surface area contributed by atoms with Crippen LogP contribution < -0.4 is 5.32 Å². The molecule has 0 saturated carbocycles. The van der Waals surface area contributed by atoms with E-state index in [1.807, 2.05) is 24.3 Å². The molecule has 1 aromatic carbocycles. The number of aliphatic hydroxyl groups is 1. The van der Waals surface area contributed by atoms with E-state index in [9.17, 15) is 9.90 Å². The third-order valence-corrected chi connectivity index (χ3v) is 2.94. The first-order chi connectivity index (χ1) is 10.1. The van der Waals surface area contributed by atoms with E-state index < -0.39 is 17.3 Å². The number of carbonyl (C=O) groups is 1. The molecule has 0 bridgehead atoms. The van der Waals surface area contributed by atoms with Crippen molar-refractivity contribution in [2.45, 2.75) is 45.8 Å². The third-order valence-electron chi connectivity index (χ3n) is 2.94. The van der Waals surface area contributed by atoms with E-state index in [1.165, 1.54) is 0 Å². The van der Waals surface area contributed by atoms with E-state index in [4.69, 9.17) is 4.74 Å². The maximum Gasteiger partial charge on any atom is 0.412 e. The number of para-hydroxylation sites is 1. The summed E-state index contributed by atoms with van der Waals surface area (Å²) in [5.74, 6) is 0. The number of hydrogen-bond donors (Lipinski definition) is 2. The van der Waals surface area contributed by atoms with Crippen molar-refractivity contribution in [1.82, 2.24) is 4.98 Å². The number of anilines is 1. The summed E-state index contributed by atoms with van der Waals surface area (Å²) in [7, 11) is 0. The molecule has 0 aliphatic heterocycles. The minimum absolute atomic E-state index is 0.400. The van der Waals surface area contributed by atoms with Crippen LogP contribution in [-0.2, 0) is 10.3 Å². The fourth-order valence-electron chi connectivity index (χ4n) is 2.09. The van der Waals surface area contributed by atoms with Crippen LogP contribution in [0.4, 0.5) is 10.5 Å². The van der Waals surface area contributed by atoms with Gasteiger partial charge >= 0.3 is 6.09 Å². The zero-order chi connectivity index (χ0) is 16.5. The summed E-state index contributed by atoms with van der Waals surface area (Å²) in [6.45, 7) is 8.64. The van der Waals surface area contributed by atoms with Gasteiger partial charge in [0.1, 0.15) is 11.2 Å². The van der Waals surface area contributed by atoms with Crippen molar-refractivity contribution >= 4 is 22.7 Å². The molecule has 0 spiro atoms. The summed E-state index contributed by atoms with van der Waals surface area (Å²) in [5.41, 5.74) is -0.177. The first-order valence-corrected chi connectivity index (χ1v) is 7.19. The second-order valence-electron chi connectivity index (χ2n) is 6.76. The molecule has 0 fully saturated rings. The molecule has 1 amide bonds. The molecule has 1 heterocycles. The number of hydrogen-bond acceptors (Lipinski definition) is 4. The molecule has 0 atom stereocenters. The lowest BCUT2D eigenvalue weighted by atomic mass is 10.0. The lowest BCUT2D eigenvalue weighted by Crippen LogP contribution is -2.29. The number of aromatic nitrogens is 1. The van der Waals surface area contributed by atoms with Gasteiger partial charge in [0.2, 0.25) is 0 Å². The van der Waals surface area contributed by atoms with Crippen LogP contribution in [0.5, 0.6) is 0 Å². The van der Waals surface area contributed by atoms with Gasteiger partial charge in [0.25, 0.3) is 0 Å². The van der Waals surface area contributed by atoms with Crippen LogP contribution >= 0.6 is 0 Å². The molecular formula is C17H22N2O3. The Balaban J connectivity index is 2.44. The quantitative estimate of drug-likeness (QED) is 0.885. The first-order valence-electron chi connectivity index (χ1n) is 7.19. The topological polar surface area (TPSA) is 71.5 Å². The minimum Gasteiger partial charge on any atom is -0.444 e. The number of ether oxygens (including phenoxy) is 1. The van der Waals surface area contributed by atoms with Gasteiger partial charge in [0.05, 0.1) is 16.9 Å². The molecule has 0 aliphatic carbocycles. The molecule has 2 aromatic rings. The Labute approximate surface area is 130 Å². The molecule has 5 nitrogen and oxygen atoms in total. The number of carbonyl (C=O) groups excluding carboxylic acids is 1. The van der Waals surface area contributed by atoms with Gasteiger partial charge in [-0.1, -0.05) is 18.2 Å². The molecule has 2 N–H and O–H groups in total. The highest BCUT2D eigenvalue weighted by Crippen LogP contribution is 2.29. The van der Waals surface area contributed by atoms with Crippen LogP contribution in [0.3, 0.4) is 0 Å². The van der Waals surface area contributed by atoms with Gasteiger partial charge in [-0.2, -0.15) is 0 Å². The van der Waals surface area contributed by atoms with Crippen molar-refractivity contribution < 1.29 is 14.6 Å². The maximum absolute atomic E-state index is 12.0. The number of fused-ring (bicyclic) bond motifs is 1. The number of benzene rings is 1. The Hall–Kier alpha value is -2.14. The summed E-state index contributed by atoms with van der Waals surface area (Å²) < 4.78 is 5.26. The largest absolute Gasteiger partial charge is 0.444 e. The Bertz CT molecular complexity index is 697. The molecule has 118 valence electrons. The van der Waals surface area contributed by atoms with Crippen LogP contribution in [0.25, 0.3) is 10.9 Å². The zero-order valence-electron chi connectivity index (χ0n) is 13.6. The lowest BCUT2D eigenvalue weighted by molar-refractivity contribution is 0.0630. The van der Waals surface area contributed by atoms with E-state index in [0.717, 1.165) is 10.9 Å². The second kappa shape index (κ2) is 5.57. The van der Waals surface area contributed by atoms with E-state index in [0.29, 0.717) is 11.4 Å². The first kappa shape index (κ1) is 16.2. The van der Waals surface area contributed by atoms with E-state index >= 15 is 0 Å². The predicted molar refractivity (Wildman–Crippen MR) is 86.8 cm³/mol. The highest BCUT2D eigenvalue weighted by atomic mass is 16.6. The van der Waals surface area contributed by atoms with Gasteiger partial charge in [0.15, 0.2) is 0 Å². The number of nitrogens with one attached hydrogen (secondary N) is 1. The van der Waals surface area contributed by atoms with Crippen molar-refractivity contribution in [2.24, 2.45) is 0 Å². The second-order valence-corrected chi connectivity index (χ2v) is 6.76. The summed E-state index contributed by atoms with van der Waals surface area (Å²) >= 11 is 0. The number of amides is 1. The van der Waals surface area contributed by atoms with Gasteiger partial charge in [-0.25, -0.2) is 9.78 Å². The molecule has 0 unspecified atom stereocenters. The zero-order valence-corrected chi connectivity index (χ0v) is 13.6. The van der Waals surface area contributed by atoms with Crippen molar-refractivity contribution in [1.29, 1.82) is 0 Å².